The third-order valence-electron chi connectivity index (χ3n) is 5.64. The normalized spacial score (nSPS) is 24.0. The Bertz CT molecular complexity index is 879. The van der Waals surface area contributed by atoms with Crippen molar-refractivity contribution < 1.29 is 13.2 Å². The summed E-state index contributed by atoms with van der Waals surface area (Å²) >= 11 is 0. The standard InChI is InChI=1S/C17H26N4O4S/c1-4-12(2)9-18-14(22)13-10-20-7-5-17(16(20)19-15(13)23)6-8-21(11-17)26(3,24)25/h10,12H,4-9,11H2,1-3H3,(H,18,22)/t12-,17+/m0/s1. The SMILES string of the molecule is CC[C@H](C)CNC(=O)c1cn2c(nc1=O)[C@@]1(CCN(S(C)(=O)=O)C1)CC2. The second-order valence-corrected chi connectivity index (χ2v) is 9.56. The number of carbonyl (C=O) groups is 1. The Hall–Kier alpha value is -1.74. The number of amides is 1. The minimum atomic E-state index is -3.26. The molecule has 144 valence electrons. The van der Waals surface area contributed by atoms with Crippen LogP contribution >= 0.6 is 0 Å². The van der Waals surface area contributed by atoms with Gasteiger partial charge in [-0.25, -0.2) is 12.7 Å². The first-order valence-electron chi connectivity index (χ1n) is 9.01. The molecule has 0 aliphatic carbocycles. The lowest BCUT2D eigenvalue weighted by molar-refractivity contribution is 0.0945. The Morgan fingerprint density at radius 1 is 1.38 bits per heavy atom. The topological polar surface area (TPSA) is 101 Å². The first kappa shape index (κ1) is 19.0. The molecular formula is C17H26N4O4S. The average Bonchev–Trinajstić information content (AvgIpc) is 3.17. The molecule has 1 saturated heterocycles. The van der Waals surface area contributed by atoms with Crippen LogP contribution in [0.2, 0.25) is 0 Å². The molecule has 3 rings (SSSR count). The molecule has 8 nitrogen and oxygen atoms in total. The van der Waals surface area contributed by atoms with E-state index in [0.717, 1.165) is 12.8 Å². The molecule has 0 saturated carbocycles. The summed E-state index contributed by atoms with van der Waals surface area (Å²) in [5.74, 6) is 0.545. The number of aromatic nitrogens is 2. The van der Waals surface area contributed by atoms with Crippen LogP contribution in [0, 0.1) is 5.92 Å². The van der Waals surface area contributed by atoms with Gasteiger partial charge < -0.3 is 9.88 Å². The van der Waals surface area contributed by atoms with Crippen molar-refractivity contribution in [2.24, 2.45) is 5.92 Å². The minimum absolute atomic E-state index is 0.0482. The highest BCUT2D eigenvalue weighted by Crippen LogP contribution is 2.41. The molecule has 3 heterocycles. The van der Waals surface area contributed by atoms with Gasteiger partial charge in [0.15, 0.2) is 0 Å². The van der Waals surface area contributed by atoms with Crippen LogP contribution in [0.4, 0.5) is 0 Å². The Morgan fingerprint density at radius 3 is 2.69 bits per heavy atom. The molecule has 1 aromatic heterocycles. The summed E-state index contributed by atoms with van der Waals surface area (Å²) in [5.41, 5.74) is -0.919. The van der Waals surface area contributed by atoms with Gasteiger partial charge in [0.25, 0.3) is 11.5 Å². The van der Waals surface area contributed by atoms with Crippen molar-refractivity contribution in [3.05, 3.63) is 27.9 Å². The fourth-order valence-corrected chi connectivity index (χ4v) is 4.60. The van der Waals surface area contributed by atoms with Crippen LogP contribution in [0.5, 0.6) is 0 Å². The predicted octanol–water partition coefficient (Wildman–Crippen LogP) is 0.326. The average molecular weight is 382 g/mol. The smallest absolute Gasteiger partial charge is 0.285 e. The highest BCUT2D eigenvalue weighted by atomic mass is 32.2. The quantitative estimate of drug-likeness (QED) is 0.791. The molecule has 1 aromatic rings. The summed E-state index contributed by atoms with van der Waals surface area (Å²) in [4.78, 5) is 29.0. The zero-order valence-electron chi connectivity index (χ0n) is 15.5. The molecule has 26 heavy (non-hydrogen) atoms. The van der Waals surface area contributed by atoms with Crippen LogP contribution in [0.3, 0.4) is 0 Å². The maximum absolute atomic E-state index is 12.4. The van der Waals surface area contributed by atoms with E-state index in [4.69, 9.17) is 0 Å². The molecule has 0 bridgehead atoms. The molecule has 0 aromatic carbocycles. The van der Waals surface area contributed by atoms with Gasteiger partial charge in [0.2, 0.25) is 10.0 Å². The molecule has 1 spiro atoms. The van der Waals surface area contributed by atoms with E-state index in [1.807, 2.05) is 18.4 Å². The van der Waals surface area contributed by atoms with E-state index in [-0.39, 0.29) is 5.56 Å². The van der Waals surface area contributed by atoms with Crippen LogP contribution in [0.25, 0.3) is 0 Å². The van der Waals surface area contributed by atoms with Gasteiger partial charge in [-0.15, -0.1) is 0 Å². The van der Waals surface area contributed by atoms with Crippen molar-refractivity contribution in [2.75, 3.05) is 25.9 Å². The second-order valence-electron chi connectivity index (χ2n) is 7.58. The van der Waals surface area contributed by atoms with E-state index in [0.29, 0.717) is 44.3 Å². The maximum atomic E-state index is 12.4. The number of hydrogen-bond donors (Lipinski definition) is 1. The molecule has 9 heteroatoms. The lowest BCUT2D eigenvalue weighted by atomic mass is 9.85. The van der Waals surface area contributed by atoms with Gasteiger partial charge >= 0.3 is 0 Å². The van der Waals surface area contributed by atoms with Gasteiger partial charge in [0.05, 0.1) is 6.26 Å². The van der Waals surface area contributed by atoms with Crippen molar-refractivity contribution in [1.29, 1.82) is 0 Å². The van der Waals surface area contributed by atoms with Gasteiger partial charge in [0.1, 0.15) is 11.4 Å². The van der Waals surface area contributed by atoms with Crippen molar-refractivity contribution >= 4 is 15.9 Å². The van der Waals surface area contributed by atoms with E-state index < -0.39 is 26.9 Å². The summed E-state index contributed by atoms with van der Waals surface area (Å²) < 4.78 is 26.9. The number of hydrogen-bond acceptors (Lipinski definition) is 5. The molecule has 2 aliphatic heterocycles. The second kappa shape index (κ2) is 6.77. The van der Waals surface area contributed by atoms with Gasteiger partial charge in [-0.2, -0.15) is 4.98 Å². The molecule has 1 fully saturated rings. The zero-order chi connectivity index (χ0) is 19.1. The van der Waals surface area contributed by atoms with Crippen molar-refractivity contribution in [3.8, 4) is 0 Å². The fourth-order valence-electron chi connectivity index (χ4n) is 3.70. The number of rotatable bonds is 5. The van der Waals surface area contributed by atoms with Crippen molar-refractivity contribution in [3.63, 3.8) is 0 Å². The fraction of sp³-hybridized carbons (Fsp3) is 0.706. The number of sulfonamides is 1. The van der Waals surface area contributed by atoms with E-state index in [1.54, 1.807) is 6.20 Å². The first-order chi connectivity index (χ1) is 12.2. The van der Waals surface area contributed by atoms with Crippen LogP contribution in [0.15, 0.2) is 11.0 Å². The van der Waals surface area contributed by atoms with Crippen LogP contribution in [0.1, 0.15) is 49.3 Å². The maximum Gasteiger partial charge on any atom is 0.285 e. The summed E-state index contributed by atoms with van der Waals surface area (Å²) in [7, 11) is -3.26. The van der Waals surface area contributed by atoms with E-state index in [1.165, 1.54) is 10.6 Å². The van der Waals surface area contributed by atoms with E-state index in [9.17, 15) is 18.0 Å². The monoisotopic (exact) mass is 382 g/mol. The predicted molar refractivity (Wildman–Crippen MR) is 97.6 cm³/mol. The summed E-state index contributed by atoms with van der Waals surface area (Å²) in [6.07, 6.45) is 5.09. The molecule has 2 aliphatic rings. The number of nitrogens with zero attached hydrogens (tertiary/aromatic N) is 3. The third kappa shape index (κ3) is 3.42. The lowest BCUT2D eigenvalue weighted by Gasteiger charge is -2.22. The highest BCUT2D eigenvalue weighted by molar-refractivity contribution is 7.88. The van der Waals surface area contributed by atoms with Crippen LogP contribution in [-0.2, 0) is 22.0 Å². The molecule has 1 amide bonds. The van der Waals surface area contributed by atoms with E-state index >= 15 is 0 Å². The summed E-state index contributed by atoms with van der Waals surface area (Å²) in [5, 5.41) is 2.79. The number of nitrogens with one attached hydrogen (secondary N) is 1. The molecule has 2 atom stereocenters. The van der Waals surface area contributed by atoms with Gasteiger partial charge in [0, 0.05) is 37.8 Å². The number of aryl methyl sites for hydroxylation is 1. The minimum Gasteiger partial charge on any atom is -0.352 e. The van der Waals surface area contributed by atoms with Gasteiger partial charge in [-0.1, -0.05) is 20.3 Å². The molecule has 1 N–H and O–H groups in total. The number of carbonyl (C=O) groups excluding carboxylic acids is 1. The molecular weight excluding hydrogens is 356 g/mol. The Labute approximate surface area is 153 Å². The third-order valence-corrected chi connectivity index (χ3v) is 6.89. The molecule has 0 radical (unpaired) electrons. The van der Waals surface area contributed by atoms with Crippen LogP contribution < -0.4 is 10.9 Å². The van der Waals surface area contributed by atoms with Gasteiger partial charge in [-0.3, -0.25) is 9.59 Å². The summed E-state index contributed by atoms with van der Waals surface area (Å²) in [6.45, 7) is 6.01. The zero-order valence-corrected chi connectivity index (χ0v) is 16.3. The Balaban J connectivity index is 1.85. The van der Waals surface area contributed by atoms with Gasteiger partial charge in [-0.05, 0) is 18.8 Å². The van der Waals surface area contributed by atoms with Crippen molar-refractivity contribution in [2.45, 2.75) is 45.1 Å². The van der Waals surface area contributed by atoms with Crippen LogP contribution in [-0.4, -0.2) is 54.1 Å². The lowest BCUT2D eigenvalue weighted by Crippen LogP contribution is -2.37. The Kier molecular flexibility index (Phi) is 4.96. The molecule has 0 unspecified atom stereocenters. The largest absolute Gasteiger partial charge is 0.352 e. The van der Waals surface area contributed by atoms with E-state index in [2.05, 4.69) is 10.3 Å². The summed E-state index contributed by atoms with van der Waals surface area (Å²) in [6, 6.07) is 0. The van der Waals surface area contributed by atoms with Crippen molar-refractivity contribution in [1.82, 2.24) is 19.2 Å². The Morgan fingerprint density at radius 2 is 2.08 bits per heavy atom. The first-order valence-corrected chi connectivity index (χ1v) is 10.9. The highest BCUT2D eigenvalue weighted by Gasteiger charge is 2.48. The number of fused-ring (bicyclic) bond motifs is 2.